The van der Waals surface area contributed by atoms with Crippen LogP contribution in [0.3, 0.4) is 0 Å². The van der Waals surface area contributed by atoms with E-state index in [4.69, 9.17) is 5.73 Å². The Morgan fingerprint density at radius 2 is 2.31 bits per heavy atom. The van der Waals surface area contributed by atoms with Crippen LogP contribution < -0.4 is 5.73 Å². The van der Waals surface area contributed by atoms with E-state index in [-0.39, 0.29) is 0 Å². The van der Waals surface area contributed by atoms with Gasteiger partial charge in [0.2, 0.25) is 0 Å². The second kappa shape index (κ2) is 5.66. The smallest absolute Gasteiger partial charge is 0.0475 e. The van der Waals surface area contributed by atoms with Crippen molar-refractivity contribution in [3.05, 3.63) is 30.1 Å². The molecule has 2 rings (SSSR count). The van der Waals surface area contributed by atoms with Crippen LogP contribution in [0.4, 0.5) is 0 Å². The van der Waals surface area contributed by atoms with Crippen LogP contribution in [0.15, 0.2) is 24.5 Å². The number of aromatic nitrogens is 1. The SMILES string of the molecule is CC1CSCCN1C(CN)c1ccncc1. The summed E-state index contributed by atoms with van der Waals surface area (Å²) in [6.07, 6.45) is 3.70. The van der Waals surface area contributed by atoms with Crippen LogP contribution >= 0.6 is 11.8 Å². The van der Waals surface area contributed by atoms with E-state index >= 15 is 0 Å². The summed E-state index contributed by atoms with van der Waals surface area (Å²) in [7, 11) is 0. The fraction of sp³-hybridized carbons (Fsp3) is 0.583. The van der Waals surface area contributed by atoms with E-state index in [9.17, 15) is 0 Å². The number of hydrogen-bond acceptors (Lipinski definition) is 4. The van der Waals surface area contributed by atoms with Crippen LogP contribution in [0, 0.1) is 0 Å². The molecule has 0 saturated carbocycles. The van der Waals surface area contributed by atoms with Gasteiger partial charge < -0.3 is 5.73 Å². The molecule has 88 valence electrons. The summed E-state index contributed by atoms with van der Waals surface area (Å²) in [4.78, 5) is 6.58. The molecule has 0 bridgehead atoms. The lowest BCUT2D eigenvalue weighted by Crippen LogP contribution is -2.45. The highest BCUT2D eigenvalue weighted by molar-refractivity contribution is 7.99. The molecule has 1 aromatic rings. The normalized spacial score (nSPS) is 24.2. The highest BCUT2D eigenvalue weighted by atomic mass is 32.2. The van der Waals surface area contributed by atoms with Gasteiger partial charge >= 0.3 is 0 Å². The lowest BCUT2D eigenvalue weighted by molar-refractivity contribution is 0.166. The van der Waals surface area contributed by atoms with Gasteiger partial charge in [-0.25, -0.2) is 0 Å². The zero-order chi connectivity index (χ0) is 11.4. The Balaban J connectivity index is 2.15. The molecule has 2 atom stereocenters. The molecule has 1 aliphatic rings. The van der Waals surface area contributed by atoms with Gasteiger partial charge in [-0.15, -0.1) is 0 Å². The minimum absolute atomic E-state index is 0.346. The Kier molecular flexibility index (Phi) is 4.21. The minimum Gasteiger partial charge on any atom is -0.329 e. The summed E-state index contributed by atoms with van der Waals surface area (Å²) in [6.45, 7) is 4.10. The summed E-state index contributed by atoms with van der Waals surface area (Å²) in [6, 6.07) is 5.11. The van der Waals surface area contributed by atoms with Crippen LogP contribution in [0.25, 0.3) is 0 Å². The van der Waals surface area contributed by atoms with Crippen molar-refractivity contribution in [2.24, 2.45) is 5.73 Å². The zero-order valence-corrected chi connectivity index (χ0v) is 10.5. The second-order valence-corrected chi connectivity index (χ2v) is 5.34. The third kappa shape index (κ3) is 2.56. The summed E-state index contributed by atoms with van der Waals surface area (Å²) >= 11 is 2.04. The van der Waals surface area contributed by atoms with Crippen molar-refractivity contribution in [1.82, 2.24) is 9.88 Å². The average Bonchev–Trinajstić information content (AvgIpc) is 2.34. The van der Waals surface area contributed by atoms with E-state index in [1.165, 1.54) is 17.1 Å². The van der Waals surface area contributed by atoms with Crippen molar-refractivity contribution in [1.29, 1.82) is 0 Å². The first-order valence-corrected chi connectivity index (χ1v) is 6.92. The van der Waals surface area contributed by atoms with Gasteiger partial charge in [-0.3, -0.25) is 9.88 Å². The van der Waals surface area contributed by atoms with E-state index in [0.717, 1.165) is 6.54 Å². The maximum atomic E-state index is 5.93. The molecule has 0 aromatic carbocycles. The molecule has 1 aromatic heterocycles. The van der Waals surface area contributed by atoms with E-state index in [0.29, 0.717) is 18.6 Å². The number of rotatable bonds is 3. The maximum Gasteiger partial charge on any atom is 0.0475 e. The summed E-state index contributed by atoms with van der Waals surface area (Å²) in [5.74, 6) is 2.42. The van der Waals surface area contributed by atoms with Gasteiger partial charge in [-0.1, -0.05) is 0 Å². The highest BCUT2D eigenvalue weighted by Crippen LogP contribution is 2.26. The molecular weight excluding hydrogens is 218 g/mol. The van der Waals surface area contributed by atoms with Gasteiger partial charge in [-0.2, -0.15) is 11.8 Å². The average molecular weight is 237 g/mol. The molecule has 16 heavy (non-hydrogen) atoms. The molecule has 3 nitrogen and oxygen atoms in total. The van der Waals surface area contributed by atoms with E-state index in [1.54, 1.807) is 0 Å². The van der Waals surface area contributed by atoms with Crippen molar-refractivity contribution in [2.75, 3.05) is 24.6 Å². The van der Waals surface area contributed by atoms with E-state index < -0.39 is 0 Å². The van der Waals surface area contributed by atoms with E-state index in [1.807, 2.05) is 24.2 Å². The topological polar surface area (TPSA) is 42.1 Å². The second-order valence-electron chi connectivity index (χ2n) is 4.19. The first-order valence-electron chi connectivity index (χ1n) is 5.76. The fourth-order valence-corrected chi connectivity index (χ4v) is 3.29. The molecule has 0 aliphatic carbocycles. The van der Waals surface area contributed by atoms with Gasteiger partial charge in [0.15, 0.2) is 0 Å². The number of pyridine rings is 1. The van der Waals surface area contributed by atoms with Gasteiger partial charge in [0, 0.05) is 49.1 Å². The standard InChI is InChI=1S/C12H19N3S/c1-10-9-16-7-6-15(10)12(8-13)11-2-4-14-5-3-11/h2-5,10,12H,6-9,13H2,1H3. The van der Waals surface area contributed by atoms with Gasteiger partial charge in [0.05, 0.1) is 0 Å². The van der Waals surface area contributed by atoms with Gasteiger partial charge in [0.1, 0.15) is 0 Å². The Hall–Kier alpha value is -0.580. The Morgan fingerprint density at radius 1 is 1.56 bits per heavy atom. The molecule has 2 unspecified atom stereocenters. The molecule has 0 radical (unpaired) electrons. The van der Waals surface area contributed by atoms with Crippen molar-refractivity contribution in [3.8, 4) is 0 Å². The Morgan fingerprint density at radius 3 is 2.94 bits per heavy atom. The van der Waals surface area contributed by atoms with Crippen LogP contribution in [0.5, 0.6) is 0 Å². The van der Waals surface area contributed by atoms with Crippen LogP contribution in [0.2, 0.25) is 0 Å². The van der Waals surface area contributed by atoms with Crippen molar-refractivity contribution < 1.29 is 0 Å². The summed E-state index contributed by atoms with van der Waals surface area (Å²) in [5.41, 5.74) is 7.22. The van der Waals surface area contributed by atoms with E-state index in [2.05, 4.69) is 28.9 Å². The highest BCUT2D eigenvalue weighted by Gasteiger charge is 2.26. The van der Waals surface area contributed by atoms with Crippen molar-refractivity contribution in [2.45, 2.75) is 19.0 Å². The third-order valence-corrected chi connectivity index (χ3v) is 4.32. The molecule has 1 saturated heterocycles. The van der Waals surface area contributed by atoms with Crippen molar-refractivity contribution in [3.63, 3.8) is 0 Å². The molecule has 0 amide bonds. The molecule has 4 heteroatoms. The minimum atomic E-state index is 0.346. The number of thioether (sulfide) groups is 1. The number of nitrogens with zero attached hydrogens (tertiary/aromatic N) is 2. The first kappa shape index (κ1) is 11.9. The van der Waals surface area contributed by atoms with Crippen LogP contribution in [0.1, 0.15) is 18.5 Å². The Bertz CT molecular complexity index is 317. The largest absolute Gasteiger partial charge is 0.329 e. The number of hydrogen-bond donors (Lipinski definition) is 1. The van der Waals surface area contributed by atoms with Gasteiger partial charge in [-0.05, 0) is 24.6 Å². The summed E-state index contributed by atoms with van der Waals surface area (Å²) < 4.78 is 0. The quantitative estimate of drug-likeness (QED) is 0.865. The lowest BCUT2D eigenvalue weighted by atomic mass is 10.1. The van der Waals surface area contributed by atoms with Gasteiger partial charge in [0.25, 0.3) is 0 Å². The zero-order valence-electron chi connectivity index (χ0n) is 9.67. The third-order valence-electron chi connectivity index (χ3n) is 3.13. The molecule has 2 heterocycles. The predicted octanol–water partition coefficient (Wildman–Crippen LogP) is 1.52. The predicted molar refractivity (Wildman–Crippen MR) is 69.5 cm³/mol. The monoisotopic (exact) mass is 237 g/mol. The molecule has 2 N–H and O–H groups in total. The molecular formula is C12H19N3S. The Labute approximate surface area is 101 Å². The lowest BCUT2D eigenvalue weighted by Gasteiger charge is -2.39. The fourth-order valence-electron chi connectivity index (χ4n) is 2.25. The summed E-state index contributed by atoms with van der Waals surface area (Å²) in [5, 5.41) is 0. The van der Waals surface area contributed by atoms with Crippen LogP contribution in [-0.4, -0.2) is 40.5 Å². The maximum absolute atomic E-state index is 5.93. The van der Waals surface area contributed by atoms with Crippen LogP contribution in [-0.2, 0) is 0 Å². The number of nitrogens with two attached hydrogens (primary N) is 1. The first-order chi connectivity index (χ1) is 7.83. The molecule has 1 aliphatic heterocycles. The molecule has 0 spiro atoms. The molecule has 1 fully saturated rings. The van der Waals surface area contributed by atoms with Crippen molar-refractivity contribution >= 4 is 11.8 Å².